The molecule has 0 aliphatic heterocycles. The first kappa shape index (κ1) is 21.9. The van der Waals surface area contributed by atoms with Gasteiger partial charge in [0.25, 0.3) is 11.5 Å². The lowest BCUT2D eigenvalue weighted by molar-refractivity contribution is -0.114. The van der Waals surface area contributed by atoms with E-state index in [1.54, 1.807) is 11.5 Å². The highest BCUT2D eigenvalue weighted by Gasteiger charge is 2.10. The van der Waals surface area contributed by atoms with Gasteiger partial charge in [0.05, 0.1) is 17.2 Å². The van der Waals surface area contributed by atoms with Crippen molar-refractivity contribution in [3.05, 3.63) is 94.5 Å². The van der Waals surface area contributed by atoms with Gasteiger partial charge in [-0.3, -0.25) is 24.2 Å². The van der Waals surface area contributed by atoms with Crippen molar-refractivity contribution in [2.45, 2.75) is 19.9 Å². The zero-order valence-corrected chi connectivity index (χ0v) is 17.9. The van der Waals surface area contributed by atoms with Gasteiger partial charge >= 0.3 is 0 Å². The molecule has 33 heavy (non-hydrogen) atoms. The van der Waals surface area contributed by atoms with Crippen LogP contribution in [0, 0.1) is 0 Å². The van der Waals surface area contributed by atoms with Gasteiger partial charge in [-0.25, -0.2) is 10.5 Å². The Labute approximate surface area is 189 Å². The Morgan fingerprint density at radius 3 is 2.52 bits per heavy atom. The smallest absolute Gasteiger partial charge is 0.274 e. The molecule has 0 aliphatic carbocycles. The van der Waals surface area contributed by atoms with E-state index in [1.165, 1.54) is 30.0 Å². The van der Waals surface area contributed by atoms with Gasteiger partial charge < -0.3 is 5.32 Å². The van der Waals surface area contributed by atoms with Crippen LogP contribution in [0.25, 0.3) is 22.0 Å². The topological polar surface area (TPSA) is 113 Å². The summed E-state index contributed by atoms with van der Waals surface area (Å²) in [6, 6.07) is 20.1. The zero-order valence-electron chi connectivity index (χ0n) is 17.9. The second-order valence-corrected chi connectivity index (χ2v) is 7.62. The van der Waals surface area contributed by atoms with E-state index in [2.05, 4.69) is 16.4 Å². The summed E-state index contributed by atoms with van der Waals surface area (Å²) in [4.78, 5) is 40.1. The molecule has 8 nitrogen and oxygen atoms in total. The first-order chi connectivity index (χ1) is 15.9. The van der Waals surface area contributed by atoms with E-state index in [9.17, 15) is 14.4 Å². The number of aryl methyl sites for hydroxylation is 2. The third-order valence-corrected chi connectivity index (χ3v) is 5.29. The van der Waals surface area contributed by atoms with Gasteiger partial charge in [0, 0.05) is 24.7 Å². The number of amides is 2. The molecule has 0 unspecified atom stereocenters. The number of anilines is 1. The van der Waals surface area contributed by atoms with Crippen molar-refractivity contribution >= 4 is 28.4 Å². The Morgan fingerprint density at radius 1 is 1.00 bits per heavy atom. The molecule has 1 aromatic heterocycles. The van der Waals surface area contributed by atoms with Crippen molar-refractivity contribution in [1.82, 2.24) is 15.0 Å². The number of hydrogen-bond donors (Lipinski definition) is 3. The van der Waals surface area contributed by atoms with E-state index in [0.29, 0.717) is 23.9 Å². The summed E-state index contributed by atoms with van der Waals surface area (Å²) in [7, 11) is 0. The van der Waals surface area contributed by atoms with E-state index in [-0.39, 0.29) is 17.0 Å². The Balaban J connectivity index is 1.53. The Morgan fingerprint density at radius 2 is 1.79 bits per heavy atom. The highest BCUT2D eigenvalue weighted by molar-refractivity contribution is 5.97. The van der Waals surface area contributed by atoms with E-state index < -0.39 is 5.91 Å². The zero-order chi connectivity index (χ0) is 23.4. The highest BCUT2D eigenvalue weighted by atomic mass is 16.5. The minimum atomic E-state index is -0.686. The number of hydrogen-bond acceptors (Lipinski definition) is 5. The van der Waals surface area contributed by atoms with Gasteiger partial charge in [-0.1, -0.05) is 36.4 Å². The number of rotatable bonds is 6. The second kappa shape index (κ2) is 9.46. The van der Waals surface area contributed by atoms with E-state index in [4.69, 9.17) is 5.21 Å². The van der Waals surface area contributed by atoms with Crippen molar-refractivity contribution in [1.29, 1.82) is 0 Å². The second-order valence-electron chi connectivity index (χ2n) is 7.62. The molecule has 1 heterocycles. The van der Waals surface area contributed by atoms with Gasteiger partial charge in [-0.15, -0.1) is 0 Å². The van der Waals surface area contributed by atoms with Gasteiger partial charge in [-0.2, -0.15) is 0 Å². The maximum Gasteiger partial charge on any atom is 0.274 e. The van der Waals surface area contributed by atoms with Crippen LogP contribution >= 0.6 is 0 Å². The molecule has 3 N–H and O–H groups in total. The molecule has 0 saturated carbocycles. The highest BCUT2D eigenvalue weighted by Crippen LogP contribution is 2.23. The SMILES string of the molecule is CC(=O)Nc1ccc(-c2cccc(CCn3cnc4ccc(C(=O)NO)cc4c3=O)c2)cc1. The predicted molar refractivity (Wildman–Crippen MR) is 125 cm³/mol. The van der Waals surface area contributed by atoms with Crippen molar-refractivity contribution in [2.75, 3.05) is 5.32 Å². The first-order valence-electron chi connectivity index (χ1n) is 10.4. The molecule has 4 aromatic rings. The molecule has 2 amide bonds. The van der Waals surface area contributed by atoms with Gasteiger partial charge in [0.1, 0.15) is 0 Å². The van der Waals surface area contributed by atoms with Gasteiger partial charge in [-0.05, 0) is 53.4 Å². The summed E-state index contributed by atoms with van der Waals surface area (Å²) >= 11 is 0. The molecule has 0 fully saturated rings. The molecular formula is C25H22N4O4. The lowest BCUT2D eigenvalue weighted by Gasteiger charge is -2.09. The minimum absolute atomic E-state index is 0.115. The number of nitrogens with one attached hydrogen (secondary N) is 2. The van der Waals surface area contributed by atoms with Crippen molar-refractivity contribution in [3.63, 3.8) is 0 Å². The number of carbonyl (C=O) groups excluding carboxylic acids is 2. The lowest BCUT2D eigenvalue weighted by atomic mass is 10.0. The molecule has 0 atom stereocenters. The van der Waals surface area contributed by atoms with Crippen molar-refractivity contribution in [2.24, 2.45) is 0 Å². The minimum Gasteiger partial charge on any atom is -0.326 e. The normalized spacial score (nSPS) is 10.7. The lowest BCUT2D eigenvalue weighted by Crippen LogP contribution is -2.23. The first-order valence-corrected chi connectivity index (χ1v) is 10.4. The fourth-order valence-electron chi connectivity index (χ4n) is 3.63. The molecule has 3 aromatic carbocycles. The Bertz CT molecular complexity index is 1390. The quantitative estimate of drug-likeness (QED) is 0.313. The van der Waals surface area contributed by atoms with E-state index in [0.717, 1.165) is 22.4 Å². The van der Waals surface area contributed by atoms with Crippen molar-refractivity contribution in [3.8, 4) is 11.1 Å². The summed E-state index contributed by atoms with van der Waals surface area (Å²) in [5, 5.41) is 11.9. The average Bonchev–Trinajstić information content (AvgIpc) is 2.83. The fourth-order valence-corrected chi connectivity index (χ4v) is 3.63. The van der Waals surface area contributed by atoms with E-state index >= 15 is 0 Å². The fraction of sp³-hybridized carbons (Fsp3) is 0.120. The summed E-state index contributed by atoms with van der Waals surface area (Å²) < 4.78 is 1.51. The van der Waals surface area contributed by atoms with Crippen LogP contribution in [-0.2, 0) is 17.8 Å². The number of hydroxylamine groups is 1. The molecule has 166 valence electrons. The van der Waals surface area contributed by atoms with Crippen LogP contribution in [0.2, 0.25) is 0 Å². The standard InChI is InChI=1S/C25H22N4O4/c1-16(30)27-21-8-5-18(6-9-21)19-4-2-3-17(13-19)11-12-29-15-26-23-10-7-20(24(31)28-33)14-22(23)25(29)32/h2-10,13-15,33H,11-12H2,1H3,(H,27,30)(H,28,31). The monoisotopic (exact) mass is 442 g/mol. The molecule has 0 bridgehead atoms. The third-order valence-electron chi connectivity index (χ3n) is 5.29. The van der Waals surface area contributed by atoms with Gasteiger partial charge in [0.15, 0.2) is 0 Å². The number of nitrogens with zero attached hydrogens (tertiary/aromatic N) is 2. The van der Waals surface area contributed by atoms with Gasteiger partial charge in [0.2, 0.25) is 5.91 Å². The molecule has 8 heteroatoms. The van der Waals surface area contributed by atoms with Crippen LogP contribution in [-0.4, -0.2) is 26.6 Å². The summed E-state index contributed by atoms with van der Waals surface area (Å²) in [5.41, 5.74) is 5.83. The maximum absolute atomic E-state index is 12.9. The Hall–Kier alpha value is -4.30. The largest absolute Gasteiger partial charge is 0.326 e. The number of fused-ring (bicyclic) bond motifs is 1. The maximum atomic E-state index is 12.9. The molecule has 0 saturated heterocycles. The van der Waals surface area contributed by atoms with Crippen LogP contribution in [0.15, 0.2) is 77.9 Å². The molecular weight excluding hydrogens is 420 g/mol. The van der Waals surface area contributed by atoms with E-state index in [1.807, 2.05) is 42.5 Å². The molecule has 4 rings (SSSR count). The van der Waals surface area contributed by atoms with Crippen LogP contribution in [0.5, 0.6) is 0 Å². The molecule has 0 spiro atoms. The molecule has 0 radical (unpaired) electrons. The Kier molecular flexibility index (Phi) is 6.28. The third kappa shape index (κ3) is 4.97. The summed E-state index contributed by atoms with van der Waals surface area (Å²) in [6.45, 7) is 1.89. The predicted octanol–water partition coefficient (Wildman–Crippen LogP) is 3.38. The number of benzene rings is 3. The average molecular weight is 442 g/mol. The number of carbonyl (C=O) groups is 2. The van der Waals surface area contributed by atoms with Crippen LogP contribution in [0.3, 0.4) is 0 Å². The molecule has 0 aliphatic rings. The van der Waals surface area contributed by atoms with Crippen LogP contribution in [0.4, 0.5) is 5.69 Å². The number of aromatic nitrogens is 2. The van der Waals surface area contributed by atoms with Crippen molar-refractivity contribution < 1.29 is 14.8 Å². The van der Waals surface area contributed by atoms with Crippen LogP contribution in [0.1, 0.15) is 22.8 Å². The summed E-state index contributed by atoms with van der Waals surface area (Å²) in [5.74, 6) is -0.801. The van der Waals surface area contributed by atoms with Crippen LogP contribution < -0.4 is 16.4 Å². The summed E-state index contributed by atoms with van der Waals surface area (Å²) in [6.07, 6.45) is 2.11.